The predicted molar refractivity (Wildman–Crippen MR) is 134 cm³/mol. The van der Waals surface area contributed by atoms with Crippen LogP contribution >= 0.6 is 11.3 Å². The van der Waals surface area contributed by atoms with E-state index in [2.05, 4.69) is 14.7 Å². The zero-order valence-electron chi connectivity index (χ0n) is 21.6. The summed E-state index contributed by atoms with van der Waals surface area (Å²) in [6, 6.07) is 4.43. The highest BCUT2D eigenvalue weighted by Crippen LogP contribution is 2.36. The van der Waals surface area contributed by atoms with Gasteiger partial charge in [0.2, 0.25) is 0 Å². The van der Waals surface area contributed by atoms with E-state index in [0.29, 0.717) is 18.3 Å². The summed E-state index contributed by atoms with van der Waals surface area (Å²) >= 11 is 1.70. The van der Waals surface area contributed by atoms with Crippen LogP contribution in [-0.2, 0) is 6.61 Å². The third-order valence-electron chi connectivity index (χ3n) is 4.87. The fraction of sp³-hybridized carbons (Fsp3) is 0.560. The van der Waals surface area contributed by atoms with Gasteiger partial charge in [0.25, 0.3) is 0 Å². The Hall–Kier alpha value is -2.69. The highest BCUT2D eigenvalue weighted by molar-refractivity contribution is 7.11. The standard InChI is InChI=1S/C19H20FN3O3S.C2H3F3.2C2H6/c1-11-16(27-18(21-11)12-5-3-2-4-6-12)10-25-13-7-8-14(15(20)9-13)17-22-19(24)26-23-17;1-2(3,4)5;2*1-2/h7-9,12H,2-6,10H2,1H3,(H,22,23,24);1H3;2*1-2H3. The molecule has 1 fully saturated rings. The van der Waals surface area contributed by atoms with Crippen LogP contribution in [0.15, 0.2) is 27.5 Å². The topological polar surface area (TPSA) is 81.0 Å². The number of nitrogens with one attached hydrogen (secondary N) is 1. The van der Waals surface area contributed by atoms with E-state index in [4.69, 9.17) is 9.72 Å². The van der Waals surface area contributed by atoms with Crippen molar-refractivity contribution in [2.24, 2.45) is 0 Å². The molecule has 1 N–H and O–H groups in total. The predicted octanol–water partition coefficient (Wildman–Crippen LogP) is 8.18. The molecule has 4 rings (SSSR count). The fourth-order valence-corrected chi connectivity index (χ4v) is 4.53. The first-order valence-electron chi connectivity index (χ1n) is 12.1. The fourth-order valence-electron chi connectivity index (χ4n) is 3.38. The van der Waals surface area contributed by atoms with E-state index in [0.717, 1.165) is 10.6 Å². The van der Waals surface area contributed by atoms with E-state index in [-0.39, 0.29) is 18.3 Å². The van der Waals surface area contributed by atoms with Crippen LogP contribution in [0.5, 0.6) is 5.75 Å². The smallest absolute Gasteiger partial charge is 0.439 e. The number of ether oxygens (including phenoxy) is 1. The number of halogens is 4. The summed E-state index contributed by atoms with van der Waals surface area (Å²) in [6.07, 6.45) is 2.30. The number of hydrogen-bond acceptors (Lipinski definition) is 6. The number of aromatic amines is 1. The van der Waals surface area contributed by atoms with Gasteiger partial charge < -0.3 is 4.74 Å². The highest BCUT2D eigenvalue weighted by atomic mass is 32.1. The second kappa shape index (κ2) is 15.4. The average Bonchev–Trinajstić information content (AvgIpc) is 3.45. The summed E-state index contributed by atoms with van der Waals surface area (Å²) in [6.45, 7) is 10.5. The van der Waals surface area contributed by atoms with Crippen LogP contribution in [0, 0.1) is 12.7 Å². The molecule has 1 saturated carbocycles. The zero-order valence-corrected chi connectivity index (χ0v) is 22.4. The molecule has 2 heterocycles. The SMILES string of the molecule is CC.CC.CC(F)(F)F.Cc1nc(C2CCCCC2)sc1COc1ccc(-c2noc(=O)[nH]2)c(F)c1. The lowest BCUT2D eigenvalue weighted by atomic mass is 9.90. The summed E-state index contributed by atoms with van der Waals surface area (Å²) in [7, 11) is 0. The maximum atomic E-state index is 14.3. The first kappa shape index (κ1) is 31.3. The second-order valence-electron chi connectivity index (χ2n) is 7.55. The Kier molecular flexibility index (Phi) is 13.4. The molecule has 202 valence electrons. The van der Waals surface area contributed by atoms with E-state index >= 15 is 0 Å². The normalized spacial score (nSPS) is 13.4. The molecule has 2 aromatic heterocycles. The minimum absolute atomic E-state index is 0.0551. The van der Waals surface area contributed by atoms with Crippen molar-refractivity contribution >= 4 is 11.3 Å². The van der Waals surface area contributed by atoms with Crippen molar-refractivity contribution in [1.29, 1.82) is 0 Å². The van der Waals surface area contributed by atoms with Crippen LogP contribution in [0.3, 0.4) is 0 Å². The number of aryl methyl sites for hydroxylation is 1. The van der Waals surface area contributed by atoms with Gasteiger partial charge in [-0.15, -0.1) is 11.3 Å². The lowest BCUT2D eigenvalue weighted by Crippen LogP contribution is -2.03. The third kappa shape index (κ3) is 10.5. The number of hydrogen-bond donors (Lipinski definition) is 1. The number of thiazole rings is 1. The third-order valence-corrected chi connectivity index (χ3v) is 6.16. The van der Waals surface area contributed by atoms with Crippen molar-refractivity contribution in [1.82, 2.24) is 15.1 Å². The van der Waals surface area contributed by atoms with E-state index in [1.165, 1.54) is 49.2 Å². The van der Waals surface area contributed by atoms with Crippen LogP contribution in [0.4, 0.5) is 17.6 Å². The van der Waals surface area contributed by atoms with Crippen LogP contribution in [0.25, 0.3) is 11.4 Å². The van der Waals surface area contributed by atoms with Crippen molar-refractivity contribution in [3.63, 3.8) is 0 Å². The van der Waals surface area contributed by atoms with Crippen molar-refractivity contribution in [2.45, 2.75) is 92.3 Å². The van der Waals surface area contributed by atoms with E-state index < -0.39 is 17.7 Å². The minimum atomic E-state index is -4.00. The lowest BCUT2D eigenvalue weighted by Gasteiger charge is -2.18. The molecule has 1 aliphatic rings. The Balaban J connectivity index is 0.000000634. The summed E-state index contributed by atoms with van der Waals surface area (Å²) in [5.41, 5.74) is 1.14. The summed E-state index contributed by atoms with van der Waals surface area (Å²) in [5.74, 6) is -0.230. The Morgan fingerprint density at radius 1 is 1.14 bits per heavy atom. The number of H-pyrrole nitrogens is 1. The molecule has 0 aliphatic heterocycles. The van der Waals surface area contributed by atoms with Gasteiger partial charge in [-0.1, -0.05) is 52.1 Å². The Morgan fingerprint density at radius 2 is 1.75 bits per heavy atom. The molecule has 0 bridgehead atoms. The van der Waals surface area contributed by atoms with Gasteiger partial charge in [-0.3, -0.25) is 9.51 Å². The molecular formula is C25H35F4N3O3S. The molecular weight excluding hydrogens is 498 g/mol. The molecule has 6 nitrogen and oxygen atoms in total. The molecule has 1 aliphatic carbocycles. The van der Waals surface area contributed by atoms with E-state index in [9.17, 15) is 22.4 Å². The Bertz CT molecular complexity index is 1080. The van der Waals surface area contributed by atoms with Crippen LogP contribution in [0.2, 0.25) is 0 Å². The van der Waals surface area contributed by atoms with Gasteiger partial charge in [-0.25, -0.2) is 14.2 Å². The molecule has 0 atom stereocenters. The second-order valence-corrected chi connectivity index (χ2v) is 8.67. The minimum Gasteiger partial charge on any atom is -0.488 e. The number of alkyl halides is 3. The Labute approximate surface area is 213 Å². The van der Waals surface area contributed by atoms with Crippen LogP contribution in [0.1, 0.15) is 88.2 Å². The van der Waals surface area contributed by atoms with Gasteiger partial charge in [-0.05, 0) is 31.9 Å². The largest absolute Gasteiger partial charge is 0.488 e. The summed E-state index contributed by atoms with van der Waals surface area (Å²) in [5, 5.41) is 4.69. The summed E-state index contributed by atoms with van der Waals surface area (Å²) < 4.78 is 55.5. The lowest BCUT2D eigenvalue weighted by molar-refractivity contribution is -0.110. The van der Waals surface area contributed by atoms with E-state index in [1.807, 2.05) is 34.6 Å². The molecule has 36 heavy (non-hydrogen) atoms. The number of nitrogens with zero attached hydrogens (tertiary/aromatic N) is 2. The number of aromatic nitrogens is 3. The monoisotopic (exact) mass is 533 g/mol. The molecule has 0 spiro atoms. The van der Waals surface area contributed by atoms with Crippen molar-refractivity contribution in [3.8, 4) is 17.1 Å². The molecule has 0 unspecified atom stereocenters. The van der Waals surface area contributed by atoms with E-state index in [1.54, 1.807) is 17.4 Å². The quantitative estimate of drug-likeness (QED) is 0.335. The maximum Gasteiger partial charge on any atom is 0.439 e. The van der Waals surface area contributed by atoms with Gasteiger partial charge in [0.15, 0.2) is 5.82 Å². The van der Waals surface area contributed by atoms with Crippen molar-refractivity contribution < 1.29 is 26.8 Å². The van der Waals surface area contributed by atoms with Gasteiger partial charge in [0, 0.05) is 18.9 Å². The van der Waals surface area contributed by atoms with Crippen molar-refractivity contribution in [2.75, 3.05) is 0 Å². The first-order valence-corrected chi connectivity index (χ1v) is 12.9. The molecule has 11 heteroatoms. The maximum absolute atomic E-state index is 14.3. The van der Waals surface area contributed by atoms with Gasteiger partial charge in [-0.2, -0.15) is 13.2 Å². The van der Waals surface area contributed by atoms with Gasteiger partial charge in [0.05, 0.1) is 21.1 Å². The van der Waals surface area contributed by atoms with Crippen LogP contribution in [-0.4, -0.2) is 21.3 Å². The van der Waals surface area contributed by atoms with Gasteiger partial charge >= 0.3 is 11.9 Å². The molecule has 0 saturated heterocycles. The van der Waals surface area contributed by atoms with Gasteiger partial charge in [0.1, 0.15) is 18.2 Å². The Morgan fingerprint density at radius 3 is 2.28 bits per heavy atom. The molecule has 3 aromatic rings. The molecule has 0 radical (unpaired) electrons. The molecule has 1 aromatic carbocycles. The van der Waals surface area contributed by atoms with Crippen molar-refractivity contribution in [3.05, 3.63) is 50.1 Å². The first-order chi connectivity index (χ1) is 17.1. The summed E-state index contributed by atoms with van der Waals surface area (Å²) in [4.78, 5) is 19.1. The number of rotatable bonds is 5. The highest BCUT2D eigenvalue weighted by Gasteiger charge is 2.20. The average molecular weight is 534 g/mol. The zero-order chi connectivity index (χ0) is 27.3. The number of benzene rings is 1. The van der Waals surface area contributed by atoms with Crippen LogP contribution < -0.4 is 10.5 Å². The molecule has 0 amide bonds.